The van der Waals surface area contributed by atoms with E-state index in [1.165, 1.54) is 6.07 Å². The molecule has 0 aliphatic heterocycles. The molecular formula is C10H4Br2ClNO2. The number of rotatable bonds is 1. The van der Waals surface area contributed by atoms with Gasteiger partial charge in [0, 0.05) is 14.3 Å². The van der Waals surface area contributed by atoms with Crippen molar-refractivity contribution >= 4 is 60.3 Å². The van der Waals surface area contributed by atoms with Crippen LogP contribution in [0.25, 0.3) is 10.9 Å². The van der Waals surface area contributed by atoms with Crippen LogP contribution in [-0.2, 0) is 0 Å². The van der Waals surface area contributed by atoms with Crippen LogP contribution < -0.4 is 0 Å². The summed E-state index contributed by atoms with van der Waals surface area (Å²) >= 11 is 12.5. The number of fused-ring (bicyclic) bond motifs is 1. The van der Waals surface area contributed by atoms with E-state index in [4.69, 9.17) is 16.7 Å². The van der Waals surface area contributed by atoms with E-state index in [-0.39, 0.29) is 10.7 Å². The molecule has 0 unspecified atom stereocenters. The first-order chi connectivity index (χ1) is 7.49. The van der Waals surface area contributed by atoms with Gasteiger partial charge in [-0.3, -0.25) is 0 Å². The molecule has 1 heterocycles. The minimum Gasteiger partial charge on any atom is -0.478 e. The molecule has 6 heteroatoms. The van der Waals surface area contributed by atoms with Crippen molar-refractivity contribution in [2.75, 3.05) is 0 Å². The van der Waals surface area contributed by atoms with Gasteiger partial charge in [0.15, 0.2) is 0 Å². The molecule has 0 spiro atoms. The normalized spacial score (nSPS) is 10.7. The second kappa shape index (κ2) is 4.31. The van der Waals surface area contributed by atoms with Crippen LogP contribution in [0.4, 0.5) is 0 Å². The number of carbonyl (C=O) groups is 1. The Morgan fingerprint density at radius 1 is 1.31 bits per heavy atom. The number of pyridine rings is 1. The maximum Gasteiger partial charge on any atom is 0.338 e. The number of hydrogen-bond donors (Lipinski definition) is 1. The molecular weight excluding hydrogens is 361 g/mol. The van der Waals surface area contributed by atoms with E-state index in [9.17, 15) is 4.79 Å². The summed E-state index contributed by atoms with van der Waals surface area (Å²) in [6, 6.07) is 5.12. The summed E-state index contributed by atoms with van der Waals surface area (Å²) in [6.45, 7) is 0. The molecule has 0 saturated carbocycles. The molecule has 0 aliphatic carbocycles. The smallest absolute Gasteiger partial charge is 0.338 e. The predicted molar refractivity (Wildman–Crippen MR) is 69.1 cm³/mol. The van der Waals surface area contributed by atoms with Crippen molar-refractivity contribution in [1.29, 1.82) is 0 Å². The third-order valence-electron chi connectivity index (χ3n) is 2.02. The van der Waals surface area contributed by atoms with Gasteiger partial charge in [-0.25, -0.2) is 9.78 Å². The molecule has 16 heavy (non-hydrogen) atoms. The number of hydrogen-bond acceptors (Lipinski definition) is 2. The lowest BCUT2D eigenvalue weighted by Crippen LogP contribution is -1.99. The Labute approximate surface area is 113 Å². The Morgan fingerprint density at radius 3 is 2.62 bits per heavy atom. The summed E-state index contributed by atoms with van der Waals surface area (Å²) in [7, 11) is 0. The average molecular weight is 365 g/mol. The fourth-order valence-corrected chi connectivity index (χ4v) is 2.90. The van der Waals surface area contributed by atoms with Crippen molar-refractivity contribution in [1.82, 2.24) is 4.98 Å². The van der Waals surface area contributed by atoms with Crippen LogP contribution in [0.2, 0.25) is 5.15 Å². The Hall–Kier alpha value is -0.650. The molecule has 0 fully saturated rings. The highest BCUT2D eigenvalue weighted by Crippen LogP contribution is 2.29. The Kier molecular flexibility index (Phi) is 3.19. The van der Waals surface area contributed by atoms with Gasteiger partial charge in [0.05, 0.1) is 11.1 Å². The lowest BCUT2D eigenvalue weighted by Gasteiger charge is -2.04. The molecule has 0 atom stereocenters. The minimum absolute atomic E-state index is 0.000772. The van der Waals surface area contributed by atoms with Crippen molar-refractivity contribution in [2.24, 2.45) is 0 Å². The van der Waals surface area contributed by atoms with Crippen LogP contribution in [0.3, 0.4) is 0 Å². The molecule has 2 aromatic rings. The van der Waals surface area contributed by atoms with Gasteiger partial charge < -0.3 is 5.11 Å². The van der Waals surface area contributed by atoms with E-state index in [1.807, 2.05) is 6.07 Å². The molecule has 3 nitrogen and oxygen atoms in total. The second-order valence-electron chi connectivity index (χ2n) is 3.09. The van der Waals surface area contributed by atoms with Crippen molar-refractivity contribution < 1.29 is 9.90 Å². The van der Waals surface area contributed by atoms with Crippen LogP contribution in [0.15, 0.2) is 27.1 Å². The number of carboxylic acid groups (broad SMARTS) is 1. The fourth-order valence-electron chi connectivity index (χ4n) is 1.34. The number of carboxylic acids is 1. The van der Waals surface area contributed by atoms with E-state index in [1.54, 1.807) is 6.07 Å². The van der Waals surface area contributed by atoms with E-state index >= 15 is 0 Å². The number of aromatic nitrogens is 1. The van der Waals surface area contributed by atoms with Gasteiger partial charge in [0.25, 0.3) is 0 Å². The fraction of sp³-hybridized carbons (Fsp3) is 0. The van der Waals surface area contributed by atoms with Gasteiger partial charge in [-0.2, -0.15) is 0 Å². The third kappa shape index (κ3) is 2.07. The highest BCUT2D eigenvalue weighted by atomic mass is 79.9. The van der Waals surface area contributed by atoms with Gasteiger partial charge in [-0.15, -0.1) is 0 Å². The number of aromatic carboxylic acids is 1. The summed E-state index contributed by atoms with van der Waals surface area (Å²) < 4.78 is 1.60. The maximum atomic E-state index is 10.9. The SMILES string of the molecule is O=C(O)c1cc2cc(Br)cc(Br)c2nc1Cl. The van der Waals surface area contributed by atoms with Crippen molar-refractivity contribution in [3.8, 4) is 0 Å². The van der Waals surface area contributed by atoms with Crippen molar-refractivity contribution in [3.63, 3.8) is 0 Å². The standard InChI is InChI=1S/C10H4Br2ClNO2/c11-5-1-4-2-6(10(15)16)9(13)14-8(4)7(12)3-5/h1-3H,(H,15,16). The van der Waals surface area contributed by atoms with Crippen LogP contribution >= 0.6 is 43.5 Å². The predicted octanol–water partition coefficient (Wildman–Crippen LogP) is 4.11. The van der Waals surface area contributed by atoms with Crippen LogP contribution in [0, 0.1) is 0 Å². The molecule has 1 aromatic heterocycles. The minimum atomic E-state index is -1.09. The van der Waals surface area contributed by atoms with Gasteiger partial charge in [0.2, 0.25) is 0 Å². The largest absolute Gasteiger partial charge is 0.478 e. The van der Waals surface area contributed by atoms with E-state index in [0.29, 0.717) is 10.9 Å². The van der Waals surface area contributed by atoms with Gasteiger partial charge in [0.1, 0.15) is 5.15 Å². The van der Waals surface area contributed by atoms with Crippen molar-refractivity contribution in [3.05, 3.63) is 37.9 Å². The molecule has 1 N–H and O–H groups in total. The maximum absolute atomic E-state index is 10.9. The summed E-state index contributed by atoms with van der Waals surface area (Å²) in [4.78, 5) is 14.9. The number of halogens is 3. The third-order valence-corrected chi connectivity index (χ3v) is 3.37. The zero-order valence-corrected chi connectivity index (χ0v) is 11.6. The molecule has 0 radical (unpaired) electrons. The summed E-state index contributed by atoms with van der Waals surface area (Å²) in [6.07, 6.45) is 0. The molecule has 82 valence electrons. The van der Waals surface area contributed by atoms with Crippen molar-refractivity contribution in [2.45, 2.75) is 0 Å². The highest BCUT2D eigenvalue weighted by Gasteiger charge is 2.13. The second-order valence-corrected chi connectivity index (χ2v) is 5.22. The average Bonchev–Trinajstić information content (AvgIpc) is 2.18. The molecule has 0 aliphatic rings. The monoisotopic (exact) mass is 363 g/mol. The van der Waals surface area contributed by atoms with Crippen LogP contribution in [-0.4, -0.2) is 16.1 Å². The van der Waals surface area contributed by atoms with Gasteiger partial charge in [-0.1, -0.05) is 27.5 Å². The zero-order valence-electron chi connectivity index (χ0n) is 7.67. The Balaban J connectivity index is 2.84. The molecule has 0 saturated heterocycles. The van der Waals surface area contributed by atoms with Gasteiger partial charge in [-0.05, 0) is 34.1 Å². The lowest BCUT2D eigenvalue weighted by molar-refractivity contribution is 0.0697. The summed E-state index contributed by atoms with van der Waals surface area (Å²) in [5, 5.41) is 9.62. The lowest BCUT2D eigenvalue weighted by atomic mass is 10.1. The van der Waals surface area contributed by atoms with Gasteiger partial charge >= 0.3 is 5.97 Å². The first-order valence-electron chi connectivity index (χ1n) is 4.17. The summed E-state index contributed by atoms with van der Waals surface area (Å²) in [5.74, 6) is -1.09. The highest BCUT2D eigenvalue weighted by molar-refractivity contribution is 9.11. The molecule has 0 bridgehead atoms. The van der Waals surface area contributed by atoms with Crippen LogP contribution in [0.5, 0.6) is 0 Å². The van der Waals surface area contributed by atoms with E-state index in [0.717, 1.165) is 8.95 Å². The molecule has 2 rings (SSSR count). The molecule has 1 aromatic carbocycles. The van der Waals surface area contributed by atoms with E-state index in [2.05, 4.69) is 36.8 Å². The first kappa shape index (κ1) is 11.8. The number of nitrogens with zero attached hydrogens (tertiary/aromatic N) is 1. The first-order valence-corrected chi connectivity index (χ1v) is 6.14. The van der Waals surface area contributed by atoms with Crippen LogP contribution in [0.1, 0.15) is 10.4 Å². The topological polar surface area (TPSA) is 50.2 Å². The zero-order chi connectivity index (χ0) is 11.9. The Bertz CT molecular complexity index is 601. The Morgan fingerprint density at radius 2 is 2.00 bits per heavy atom. The molecule has 0 amide bonds. The van der Waals surface area contributed by atoms with E-state index < -0.39 is 5.97 Å². The summed E-state index contributed by atoms with van der Waals surface area (Å²) in [5.41, 5.74) is 0.636. The quantitative estimate of drug-likeness (QED) is 0.774. The number of benzene rings is 1.